The number of benzene rings is 1. The van der Waals surface area contributed by atoms with Crippen molar-refractivity contribution in [3.8, 4) is 6.07 Å². The summed E-state index contributed by atoms with van der Waals surface area (Å²) in [5.41, 5.74) is 0.558. The molecule has 0 atom stereocenters. The van der Waals surface area contributed by atoms with E-state index in [1.165, 1.54) is 13.8 Å². The third kappa shape index (κ3) is 3.29. The zero-order valence-electron chi connectivity index (χ0n) is 10.4. The lowest BCUT2D eigenvalue weighted by molar-refractivity contribution is 0.535. The Labute approximate surface area is 102 Å². The molecule has 1 rings (SSSR count). The number of nitrogens with one attached hydrogen (secondary N) is 1. The van der Waals surface area contributed by atoms with E-state index in [2.05, 4.69) is 4.72 Å². The van der Waals surface area contributed by atoms with Crippen molar-refractivity contribution in [1.82, 2.24) is 4.72 Å². The van der Waals surface area contributed by atoms with Gasteiger partial charge in [-0.3, -0.25) is 0 Å². The normalized spacial score (nSPS) is 12.2. The first-order chi connectivity index (χ1) is 7.68. The second-order valence-electron chi connectivity index (χ2n) is 4.61. The van der Waals surface area contributed by atoms with Crippen molar-refractivity contribution in [3.05, 3.63) is 29.3 Å². The van der Waals surface area contributed by atoms with Gasteiger partial charge in [0.25, 0.3) is 0 Å². The molecule has 5 heteroatoms. The van der Waals surface area contributed by atoms with Crippen LogP contribution in [0.15, 0.2) is 23.1 Å². The van der Waals surface area contributed by atoms with E-state index in [-0.39, 0.29) is 4.90 Å². The van der Waals surface area contributed by atoms with Crippen LogP contribution in [0.25, 0.3) is 0 Å². The van der Waals surface area contributed by atoms with Gasteiger partial charge >= 0.3 is 0 Å². The maximum absolute atomic E-state index is 12.1. The van der Waals surface area contributed by atoms with Crippen molar-refractivity contribution in [1.29, 1.82) is 5.26 Å². The minimum Gasteiger partial charge on any atom is -0.207 e. The molecule has 92 valence electrons. The molecule has 0 aliphatic rings. The van der Waals surface area contributed by atoms with E-state index in [1.807, 2.05) is 13.0 Å². The SMILES string of the molecule is Cc1ccc(S(=O)(=O)NC(C)(C)C#N)c(C)c1. The minimum atomic E-state index is -3.65. The van der Waals surface area contributed by atoms with Crippen LogP contribution in [0.3, 0.4) is 0 Å². The molecule has 0 unspecified atom stereocenters. The summed E-state index contributed by atoms with van der Waals surface area (Å²) in [6.45, 7) is 6.68. The van der Waals surface area contributed by atoms with Gasteiger partial charge in [-0.1, -0.05) is 17.7 Å². The predicted octanol–water partition coefficient (Wildman–Crippen LogP) is 1.88. The van der Waals surface area contributed by atoms with Crippen LogP contribution in [0.4, 0.5) is 0 Å². The Morgan fingerprint density at radius 3 is 2.35 bits per heavy atom. The summed E-state index contributed by atoms with van der Waals surface area (Å²) < 4.78 is 26.5. The Balaban J connectivity index is 3.20. The van der Waals surface area contributed by atoms with Crippen molar-refractivity contribution in [2.24, 2.45) is 0 Å². The number of aryl methyl sites for hydroxylation is 2. The van der Waals surface area contributed by atoms with Crippen LogP contribution < -0.4 is 4.72 Å². The van der Waals surface area contributed by atoms with E-state index in [0.29, 0.717) is 5.56 Å². The largest absolute Gasteiger partial charge is 0.242 e. The number of nitriles is 1. The third-order valence-corrected chi connectivity index (χ3v) is 4.11. The number of nitrogens with zero attached hydrogens (tertiary/aromatic N) is 1. The van der Waals surface area contributed by atoms with Gasteiger partial charge in [-0.05, 0) is 39.3 Å². The van der Waals surface area contributed by atoms with Gasteiger partial charge in [0, 0.05) is 0 Å². The monoisotopic (exact) mass is 252 g/mol. The Hall–Kier alpha value is -1.38. The first kappa shape index (κ1) is 13.7. The van der Waals surface area contributed by atoms with Gasteiger partial charge in [-0.2, -0.15) is 9.98 Å². The minimum absolute atomic E-state index is 0.214. The third-order valence-electron chi connectivity index (χ3n) is 2.29. The molecule has 0 aliphatic carbocycles. The fraction of sp³-hybridized carbons (Fsp3) is 0.417. The Morgan fingerprint density at radius 1 is 1.29 bits per heavy atom. The molecular weight excluding hydrogens is 236 g/mol. The molecule has 0 saturated heterocycles. The average Bonchev–Trinajstić information content (AvgIpc) is 2.15. The van der Waals surface area contributed by atoms with Crippen molar-refractivity contribution >= 4 is 10.0 Å². The molecule has 17 heavy (non-hydrogen) atoms. The Kier molecular flexibility index (Phi) is 3.60. The molecule has 1 aromatic rings. The maximum Gasteiger partial charge on any atom is 0.242 e. The lowest BCUT2D eigenvalue weighted by atomic mass is 10.1. The Morgan fingerprint density at radius 2 is 1.88 bits per heavy atom. The van der Waals surface area contributed by atoms with Crippen LogP contribution in [0.2, 0.25) is 0 Å². The molecule has 0 saturated carbocycles. The molecular formula is C12H16N2O2S. The van der Waals surface area contributed by atoms with E-state index in [1.54, 1.807) is 25.1 Å². The second-order valence-corrected chi connectivity index (χ2v) is 6.26. The van der Waals surface area contributed by atoms with E-state index in [4.69, 9.17) is 5.26 Å². The van der Waals surface area contributed by atoms with Crippen LogP contribution in [0.5, 0.6) is 0 Å². The summed E-state index contributed by atoms with van der Waals surface area (Å²) in [7, 11) is -3.65. The molecule has 0 bridgehead atoms. The van der Waals surface area contributed by atoms with E-state index < -0.39 is 15.6 Å². The highest BCUT2D eigenvalue weighted by atomic mass is 32.2. The number of hydrogen-bond acceptors (Lipinski definition) is 3. The highest BCUT2D eigenvalue weighted by Crippen LogP contribution is 2.18. The fourth-order valence-electron chi connectivity index (χ4n) is 1.51. The summed E-state index contributed by atoms with van der Waals surface area (Å²) in [4.78, 5) is 0.214. The summed E-state index contributed by atoms with van der Waals surface area (Å²) in [6.07, 6.45) is 0. The van der Waals surface area contributed by atoms with Gasteiger partial charge in [0.1, 0.15) is 5.54 Å². The molecule has 0 aromatic heterocycles. The lowest BCUT2D eigenvalue weighted by Gasteiger charge is -2.18. The quantitative estimate of drug-likeness (QED) is 0.893. The van der Waals surface area contributed by atoms with Crippen LogP contribution >= 0.6 is 0 Å². The van der Waals surface area contributed by atoms with Crippen molar-refractivity contribution < 1.29 is 8.42 Å². The van der Waals surface area contributed by atoms with Gasteiger partial charge in [0.05, 0.1) is 11.0 Å². The van der Waals surface area contributed by atoms with E-state index in [9.17, 15) is 8.42 Å². The fourth-order valence-corrected chi connectivity index (χ4v) is 3.07. The molecule has 0 radical (unpaired) electrons. The zero-order chi connectivity index (χ0) is 13.3. The highest BCUT2D eigenvalue weighted by Gasteiger charge is 2.26. The van der Waals surface area contributed by atoms with Gasteiger partial charge in [0.2, 0.25) is 10.0 Å². The Bertz CT molecular complexity index is 569. The molecule has 0 aliphatic heterocycles. The molecule has 0 spiro atoms. The van der Waals surface area contributed by atoms with Gasteiger partial charge < -0.3 is 0 Å². The van der Waals surface area contributed by atoms with Crippen molar-refractivity contribution in [2.75, 3.05) is 0 Å². The van der Waals surface area contributed by atoms with Crippen LogP contribution in [0.1, 0.15) is 25.0 Å². The van der Waals surface area contributed by atoms with E-state index in [0.717, 1.165) is 5.56 Å². The average molecular weight is 252 g/mol. The summed E-state index contributed by atoms with van der Waals surface area (Å²) in [5, 5.41) is 8.84. The van der Waals surface area contributed by atoms with Gasteiger partial charge in [-0.25, -0.2) is 8.42 Å². The molecule has 0 heterocycles. The van der Waals surface area contributed by atoms with Crippen LogP contribution in [-0.4, -0.2) is 14.0 Å². The van der Waals surface area contributed by atoms with Crippen molar-refractivity contribution in [2.45, 2.75) is 38.1 Å². The zero-order valence-corrected chi connectivity index (χ0v) is 11.2. The predicted molar refractivity (Wildman–Crippen MR) is 65.9 cm³/mol. The summed E-state index contributed by atoms with van der Waals surface area (Å²) >= 11 is 0. The molecule has 1 N–H and O–H groups in total. The summed E-state index contributed by atoms with van der Waals surface area (Å²) in [6, 6.07) is 7.00. The van der Waals surface area contributed by atoms with Crippen LogP contribution in [-0.2, 0) is 10.0 Å². The number of sulfonamides is 1. The maximum atomic E-state index is 12.1. The lowest BCUT2D eigenvalue weighted by Crippen LogP contribution is -2.42. The second kappa shape index (κ2) is 4.47. The standard InChI is InChI=1S/C12H16N2O2S/c1-9-5-6-11(10(2)7-9)17(15,16)14-12(3,4)8-13/h5-7,14H,1-4H3. The smallest absolute Gasteiger partial charge is 0.207 e. The first-order valence-corrected chi connectivity index (χ1v) is 6.69. The molecule has 0 amide bonds. The number of rotatable bonds is 3. The molecule has 0 fully saturated rings. The molecule has 1 aromatic carbocycles. The van der Waals surface area contributed by atoms with Crippen molar-refractivity contribution in [3.63, 3.8) is 0 Å². The summed E-state index contributed by atoms with van der Waals surface area (Å²) in [5.74, 6) is 0. The van der Waals surface area contributed by atoms with E-state index >= 15 is 0 Å². The molecule has 4 nitrogen and oxygen atoms in total. The number of hydrogen-bond donors (Lipinski definition) is 1. The topological polar surface area (TPSA) is 70.0 Å². The van der Waals surface area contributed by atoms with Crippen LogP contribution in [0, 0.1) is 25.2 Å². The highest BCUT2D eigenvalue weighted by molar-refractivity contribution is 7.89. The first-order valence-electron chi connectivity index (χ1n) is 5.20. The van der Waals surface area contributed by atoms with Gasteiger partial charge in [-0.15, -0.1) is 0 Å². The van der Waals surface area contributed by atoms with Gasteiger partial charge in [0.15, 0.2) is 0 Å².